The predicted octanol–water partition coefficient (Wildman–Crippen LogP) is 2.93. The third-order valence-electron chi connectivity index (χ3n) is 4.59. The lowest BCUT2D eigenvalue weighted by Gasteiger charge is -2.28. The van der Waals surface area contributed by atoms with Gasteiger partial charge in [-0.2, -0.15) is 4.98 Å². The first kappa shape index (κ1) is 20.5. The number of hydrogen-bond donors (Lipinski definition) is 2. The van der Waals surface area contributed by atoms with Gasteiger partial charge in [0, 0.05) is 18.9 Å². The molecular formula is C22H25N3O4. The second-order valence-corrected chi connectivity index (χ2v) is 7.33. The first-order valence-corrected chi connectivity index (χ1v) is 9.43. The molecule has 3 aromatic rings. The fourth-order valence-corrected chi connectivity index (χ4v) is 2.97. The highest BCUT2D eigenvalue weighted by Crippen LogP contribution is 2.23. The Bertz CT molecular complexity index is 942. The molecular weight excluding hydrogens is 370 g/mol. The van der Waals surface area contributed by atoms with E-state index in [0.29, 0.717) is 36.0 Å². The SMILES string of the molecule is Cc1nc(COc2ccccc2C(=O)NC[C@](C)(CO)Cc2ccccc2)no1. The molecule has 0 radical (unpaired) electrons. The van der Waals surface area contributed by atoms with Crippen LogP contribution in [0.4, 0.5) is 0 Å². The topological polar surface area (TPSA) is 97.5 Å². The number of ether oxygens (including phenoxy) is 1. The molecule has 1 heterocycles. The molecule has 0 fully saturated rings. The molecule has 0 bridgehead atoms. The average molecular weight is 395 g/mol. The lowest BCUT2D eigenvalue weighted by atomic mass is 9.84. The Morgan fingerprint density at radius 1 is 1.17 bits per heavy atom. The molecule has 0 saturated carbocycles. The number of aliphatic hydroxyl groups is 1. The largest absolute Gasteiger partial charge is 0.485 e. The maximum absolute atomic E-state index is 12.8. The molecule has 7 nitrogen and oxygen atoms in total. The number of aliphatic hydroxyl groups excluding tert-OH is 1. The number of hydrogen-bond acceptors (Lipinski definition) is 6. The molecule has 0 unspecified atom stereocenters. The number of nitrogens with one attached hydrogen (secondary N) is 1. The van der Waals surface area contributed by atoms with Crippen molar-refractivity contribution in [3.05, 3.63) is 77.4 Å². The number of aryl methyl sites for hydroxylation is 1. The fraction of sp³-hybridized carbons (Fsp3) is 0.318. The monoisotopic (exact) mass is 395 g/mol. The first-order chi connectivity index (χ1) is 14.0. The first-order valence-electron chi connectivity index (χ1n) is 9.43. The summed E-state index contributed by atoms with van der Waals surface area (Å²) in [5, 5.41) is 16.6. The summed E-state index contributed by atoms with van der Waals surface area (Å²) < 4.78 is 10.6. The maximum atomic E-state index is 12.8. The van der Waals surface area contributed by atoms with Gasteiger partial charge >= 0.3 is 0 Å². The van der Waals surface area contributed by atoms with Gasteiger partial charge in [0.05, 0.1) is 12.2 Å². The van der Waals surface area contributed by atoms with E-state index in [-0.39, 0.29) is 19.1 Å². The molecule has 1 aromatic heterocycles. The van der Waals surface area contributed by atoms with Crippen molar-refractivity contribution in [2.75, 3.05) is 13.2 Å². The van der Waals surface area contributed by atoms with Gasteiger partial charge in [0.25, 0.3) is 5.91 Å². The number of aromatic nitrogens is 2. The zero-order valence-corrected chi connectivity index (χ0v) is 16.6. The molecule has 0 aliphatic carbocycles. The fourth-order valence-electron chi connectivity index (χ4n) is 2.97. The van der Waals surface area contributed by atoms with Gasteiger partial charge in [0.1, 0.15) is 5.75 Å². The van der Waals surface area contributed by atoms with Crippen molar-refractivity contribution in [1.82, 2.24) is 15.5 Å². The van der Waals surface area contributed by atoms with E-state index >= 15 is 0 Å². The Balaban J connectivity index is 1.63. The Morgan fingerprint density at radius 3 is 2.59 bits per heavy atom. The van der Waals surface area contributed by atoms with Crippen molar-refractivity contribution in [3.8, 4) is 5.75 Å². The van der Waals surface area contributed by atoms with Gasteiger partial charge in [-0.05, 0) is 24.1 Å². The average Bonchev–Trinajstić information content (AvgIpc) is 3.16. The van der Waals surface area contributed by atoms with Crippen molar-refractivity contribution < 1.29 is 19.2 Å². The number of carbonyl (C=O) groups is 1. The van der Waals surface area contributed by atoms with E-state index in [1.54, 1.807) is 31.2 Å². The summed E-state index contributed by atoms with van der Waals surface area (Å²) in [7, 11) is 0. The number of para-hydroxylation sites is 1. The van der Waals surface area contributed by atoms with Crippen LogP contribution in [0, 0.1) is 12.3 Å². The second kappa shape index (κ2) is 9.34. The van der Waals surface area contributed by atoms with E-state index in [1.165, 1.54) is 0 Å². The smallest absolute Gasteiger partial charge is 0.255 e. The highest BCUT2D eigenvalue weighted by Gasteiger charge is 2.25. The van der Waals surface area contributed by atoms with E-state index in [4.69, 9.17) is 9.26 Å². The normalized spacial score (nSPS) is 12.9. The number of carbonyl (C=O) groups excluding carboxylic acids is 1. The number of nitrogens with zero attached hydrogens (tertiary/aromatic N) is 2. The molecule has 29 heavy (non-hydrogen) atoms. The van der Waals surface area contributed by atoms with Crippen molar-refractivity contribution >= 4 is 5.91 Å². The molecule has 3 rings (SSSR count). The molecule has 1 atom stereocenters. The maximum Gasteiger partial charge on any atom is 0.255 e. The summed E-state index contributed by atoms with van der Waals surface area (Å²) in [6.45, 7) is 4.03. The van der Waals surface area contributed by atoms with Gasteiger partial charge in [-0.25, -0.2) is 0 Å². The number of benzene rings is 2. The standard InChI is InChI=1S/C22H25N3O4/c1-16-24-20(25-29-16)13-28-19-11-7-6-10-18(19)21(27)23-14-22(2,15-26)12-17-8-4-3-5-9-17/h3-11,26H,12-15H2,1-2H3,(H,23,27)/t22-/m1/s1. The van der Waals surface area contributed by atoms with Crippen LogP contribution in [0.1, 0.15) is 34.6 Å². The summed E-state index contributed by atoms with van der Waals surface area (Å²) in [6, 6.07) is 16.9. The Labute approximate surface area is 169 Å². The van der Waals surface area contributed by atoms with Gasteiger partial charge in [-0.3, -0.25) is 4.79 Å². The van der Waals surface area contributed by atoms with E-state index in [9.17, 15) is 9.90 Å². The second-order valence-electron chi connectivity index (χ2n) is 7.33. The molecule has 0 saturated heterocycles. The lowest BCUT2D eigenvalue weighted by Crippen LogP contribution is -2.39. The molecule has 7 heteroatoms. The van der Waals surface area contributed by atoms with Gasteiger partial charge in [-0.15, -0.1) is 0 Å². The van der Waals surface area contributed by atoms with Crippen LogP contribution in [-0.4, -0.2) is 34.3 Å². The van der Waals surface area contributed by atoms with Crippen LogP contribution < -0.4 is 10.1 Å². The van der Waals surface area contributed by atoms with E-state index in [1.807, 2.05) is 37.3 Å². The van der Waals surface area contributed by atoms with Crippen LogP contribution in [-0.2, 0) is 13.0 Å². The van der Waals surface area contributed by atoms with Crippen LogP contribution in [0.15, 0.2) is 59.1 Å². The molecule has 2 N–H and O–H groups in total. The lowest BCUT2D eigenvalue weighted by molar-refractivity contribution is 0.0891. The zero-order chi connectivity index (χ0) is 20.7. The highest BCUT2D eigenvalue weighted by atomic mass is 16.5. The predicted molar refractivity (Wildman–Crippen MR) is 107 cm³/mol. The molecule has 0 aliphatic heterocycles. The van der Waals surface area contributed by atoms with E-state index in [0.717, 1.165) is 5.56 Å². The minimum atomic E-state index is -0.477. The van der Waals surface area contributed by atoms with Gasteiger partial charge in [0.2, 0.25) is 11.7 Å². The zero-order valence-electron chi connectivity index (χ0n) is 16.6. The summed E-state index contributed by atoms with van der Waals surface area (Å²) >= 11 is 0. The van der Waals surface area contributed by atoms with Gasteiger partial charge in [-0.1, -0.05) is 54.5 Å². The van der Waals surface area contributed by atoms with Crippen LogP contribution in [0.2, 0.25) is 0 Å². The molecule has 0 aliphatic rings. The van der Waals surface area contributed by atoms with Crippen molar-refractivity contribution in [2.24, 2.45) is 5.41 Å². The third-order valence-corrected chi connectivity index (χ3v) is 4.59. The van der Waals surface area contributed by atoms with Crippen molar-refractivity contribution in [2.45, 2.75) is 26.9 Å². The minimum absolute atomic E-state index is 0.0441. The van der Waals surface area contributed by atoms with Gasteiger partial charge in [0.15, 0.2) is 6.61 Å². The Morgan fingerprint density at radius 2 is 1.90 bits per heavy atom. The van der Waals surface area contributed by atoms with Gasteiger partial charge < -0.3 is 19.7 Å². The van der Waals surface area contributed by atoms with E-state index < -0.39 is 5.41 Å². The van der Waals surface area contributed by atoms with Crippen molar-refractivity contribution in [3.63, 3.8) is 0 Å². The minimum Gasteiger partial charge on any atom is -0.485 e. The Hall–Kier alpha value is -3.19. The molecule has 152 valence electrons. The van der Waals surface area contributed by atoms with Crippen LogP contribution in [0.3, 0.4) is 0 Å². The summed E-state index contributed by atoms with van der Waals surface area (Å²) in [5.74, 6) is 1.03. The number of rotatable bonds is 9. The third kappa shape index (κ3) is 5.65. The van der Waals surface area contributed by atoms with Crippen LogP contribution in [0.25, 0.3) is 0 Å². The number of amides is 1. The summed E-state index contributed by atoms with van der Waals surface area (Å²) in [5.41, 5.74) is 1.04. The summed E-state index contributed by atoms with van der Waals surface area (Å²) in [6.07, 6.45) is 0.653. The highest BCUT2D eigenvalue weighted by molar-refractivity contribution is 5.96. The summed E-state index contributed by atoms with van der Waals surface area (Å²) in [4.78, 5) is 16.9. The molecule has 2 aromatic carbocycles. The van der Waals surface area contributed by atoms with Crippen LogP contribution >= 0.6 is 0 Å². The molecule has 0 spiro atoms. The van der Waals surface area contributed by atoms with Crippen LogP contribution in [0.5, 0.6) is 5.75 Å². The van der Waals surface area contributed by atoms with Crippen molar-refractivity contribution in [1.29, 1.82) is 0 Å². The quantitative estimate of drug-likeness (QED) is 0.578. The van der Waals surface area contributed by atoms with E-state index in [2.05, 4.69) is 15.5 Å². The Kier molecular flexibility index (Phi) is 6.61. The molecule has 1 amide bonds.